The van der Waals surface area contributed by atoms with Crippen molar-refractivity contribution in [3.8, 4) is 78.7 Å². The van der Waals surface area contributed by atoms with Crippen LogP contribution in [-0.4, -0.2) is 24.9 Å². The van der Waals surface area contributed by atoms with Gasteiger partial charge >= 0.3 is 0 Å². The van der Waals surface area contributed by atoms with E-state index in [2.05, 4.69) is 125 Å². The van der Waals surface area contributed by atoms with Crippen LogP contribution in [0.5, 0.6) is 0 Å². The van der Waals surface area contributed by atoms with Crippen molar-refractivity contribution in [1.29, 1.82) is 0 Å². The standard InChI is InChI=1S/C43H29N5/c1-2-10-30(11-3-1)31-12-4-13-32(24-31)33-14-5-15-34(25-33)35-16-6-17-36(26-35)37-18-7-19-38(27-37)41-46-42(39-20-8-22-44-28-39)48-43(47-41)40-21-9-23-45-29-40/h1-29H. The molecule has 3 heterocycles. The Morgan fingerprint density at radius 3 is 0.958 bits per heavy atom. The van der Waals surface area contributed by atoms with Crippen LogP contribution < -0.4 is 0 Å². The number of nitrogens with zero attached hydrogens (tertiary/aromatic N) is 5. The van der Waals surface area contributed by atoms with Gasteiger partial charge in [0.2, 0.25) is 0 Å². The summed E-state index contributed by atoms with van der Waals surface area (Å²) < 4.78 is 0. The van der Waals surface area contributed by atoms with Crippen LogP contribution in [-0.2, 0) is 0 Å². The highest BCUT2D eigenvalue weighted by molar-refractivity contribution is 5.80. The fraction of sp³-hybridized carbons (Fsp3) is 0. The van der Waals surface area contributed by atoms with Crippen molar-refractivity contribution in [1.82, 2.24) is 24.9 Å². The molecule has 0 spiro atoms. The summed E-state index contributed by atoms with van der Waals surface area (Å²) in [5, 5.41) is 0. The molecule has 0 N–H and O–H groups in total. The normalized spacial score (nSPS) is 10.9. The average molecular weight is 616 g/mol. The van der Waals surface area contributed by atoms with Gasteiger partial charge in [-0.1, -0.05) is 103 Å². The zero-order valence-corrected chi connectivity index (χ0v) is 26.0. The van der Waals surface area contributed by atoms with E-state index in [-0.39, 0.29) is 0 Å². The van der Waals surface area contributed by atoms with E-state index in [1.54, 1.807) is 24.8 Å². The minimum atomic E-state index is 0.563. The van der Waals surface area contributed by atoms with Crippen molar-refractivity contribution in [2.75, 3.05) is 0 Å². The van der Waals surface area contributed by atoms with Crippen molar-refractivity contribution in [2.24, 2.45) is 0 Å². The quantitative estimate of drug-likeness (QED) is 0.178. The lowest BCUT2D eigenvalue weighted by molar-refractivity contribution is 1.07. The van der Waals surface area contributed by atoms with Crippen LogP contribution in [0.2, 0.25) is 0 Å². The summed E-state index contributed by atoms with van der Waals surface area (Å²) in [5.74, 6) is 1.72. The maximum Gasteiger partial charge on any atom is 0.165 e. The second-order valence-electron chi connectivity index (χ2n) is 11.5. The molecule has 0 saturated heterocycles. The Morgan fingerprint density at radius 2 is 0.562 bits per heavy atom. The number of hydrogen-bond acceptors (Lipinski definition) is 5. The molecule has 0 aliphatic carbocycles. The second kappa shape index (κ2) is 13.0. The molecule has 0 amide bonds. The second-order valence-corrected chi connectivity index (χ2v) is 11.5. The summed E-state index contributed by atoms with van der Waals surface area (Å²) in [4.78, 5) is 23.1. The van der Waals surface area contributed by atoms with Crippen LogP contribution in [0.15, 0.2) is 176 Å². The fourth-order valence-electron chi connectivity index (χ4n) is 5.86. The summed E-state index contributed by atoms with van der Waals surface area (Å²) in [6.45, 7) is 0. The Balaban J connectivity index is 1.14. The summed E-state index contributed by atoms with van der Waals surface area (Å²) >= 11 is 0. The van der Waals surface area contributed by atoms with E-state index < -0.39 is 0 Å². The first-order chi connectivity index (χ1) is 23.8. The Kier molecular flexibility index (Phi) is 7.83. The van der Waals surface area contributed by atoms with Gasteiger partial charge in [0.25, 0.3) is 0 Å². The first kappa shape index (κ1) is 28.9. The van der Waals surface area contributed by atoms with Gasteiger partial charge in [0.05, 0.1) is 0 Å². The SMILES string of the molecule is c1ccc(-c2cccc(-c3cccc(-c4cccc(-c5cccc(-c6nc(-c7cccnc7)nc(-c7cccnc7)n6)c5)c4)c3)c2)cc1. The van der Waals surface area contributed by atoms with Crippen molar-refractivity contribution in [2.45, 2.75) is 0 Å². The summed E-state index contributed by atoms with van der Waals surface area (Å²) in [6, 6.07) is 52.7. The predicted octanol–water partition coefficient (Wildman–Crippen LogP) is 10.3. The van der Waals surface area contributed by atoms with Gasteiger partial charge in [0, 0.05) is 41.5 Å². The molecule has 0 unspecified atom stereocenters. The first-order valence-corrected chi connectivity index (χ1v) is 15.8. The molecule has 226 valence electrons. The fourth-order valence-corrected chi connectivity index (χ4v) is 5.86. The van der Waals surface area contributed by atoms with Crippen LogP contribution in [0.3, 0.4) is 0 Å². The van der Waals surface area contributed by atoms with E-state index in [0.717, 1.165) is 38.9 Å². The molecule has 8 aromatic rings. The zero-order chi connectivity index (χ0) is 32.1. The Morgan fingerprint density at radius 1 is 0.250 bits per heavy atom. The molecule has 0 saturated carbocycles. The Labute approximate surface area is 279 Å². The number of benzene rings is 5. The molecule has 5 aromatic carbocycles. The number of pyridine rings is 2. The third kappa shape index (κ3) is 6.13. The number of hydrogen-bond donors (Lipinski definition) is 0. The molecule has 3 aromatic heterocycles. The van der Waals surface area contributed by atoms with Crippen LogP contribution >= 0.6 is 0 Å². The lowest BCUT2D eigenvalue weighted by atomic mass is 9.94. The molecule has 0 atom stereocenters. The van der Waals surface area contributed by atoms with E-state index in [4.69, 9.17) is 15.0 Å². The molecule has 0 fully saturated rings. The number of aromatic nitrogens is 5. The third-order valence-electron chi connectivity index (χ3n) is 8.29. The highest BCUT2D eigenvalue weighted by Gasteiger charge is 2.14. The summed E-state index contributed by atoms with van der Waals surface area (Å²) in [6.07, 6.45) is 7.02. The molecule has 0 aliphatic heterocycles. The molecular formula is C43H29N5. The van der Waals surface area contributed by atoms with Crippen LogP contribution in [0.1, 0.15) is 0 Å². The van der Waals surface area contributed by atoms with Crippen LogP contribution in [0, 0.1) is 0 Å². The highest BCUT2D eigenvalue weighted by atomic mass is 15.0. The first-order valence-electron chi connectivity index (χ1n) is 15.8. The summed E-state index contributed by atoms with van der Waals surface area (Å²) in [7, 11) is 0. The van der Waals surface area contributed by atoms with E-state index in [0.29, 0.717) is 17.5 Å². The van der Waals surface area contributed by atoms with Gasteiger partial charge in [-0.3, -0.25) is 9.97 Å². The molecule has 0 aliphatic rings. The van der Waals surface area contributed by atoms with Gasteiger partial charge in [0.1, 0.15) is 0 Å². The van der Waals surface area contributed by atoms with Gasteiger partial charge in [-0.2, -0.15) is 0 Å². The molecule has 0 bridgehead atoms. The van der Waals surface area contributed by atoms with E-state index >= 15 is 0 Å². The summed E-state index contributed by atoms with van der Waals surface area (Å²) in [5.41, 5.74) is 11.8. The Hall–Kier alpha value is -6.59. The molecule has 5 nitrogen and oxygen atoms in total. The lowest BCUT2D eigenvalue weighted by Gasteiger charge is -2.11. The average Bonchev–Trinajstić information content (AvgIpc) is 3.19. The topological polar surface area (TPSA) is 64.5 Å². The van der Waals surface area contributed by atoms with E-state index in [1.807, 2.05) is 36.4 Å². The van der Waals surface area contributed by atoms with Crippen molar-refractivity contribution >= 4 is 0 Å². The van der Waals surface area contributed by atoms with Crippen LogP contribution in [0.4, 0.5) is 0 Å². The minimum absolute atomic E-state index is 0.563. The van der Waals surface area contributed by atoms with Gasteiger partial charge in [-0.25, -0.2) is 15.0 Å². The largest absolute Gasteiger partial charge is 0.264 e. The third-order valence-corrected chi connectivity index (χ3v) is 8.29. The molecular weight excluding hydrogens is 587 g/mol. The molecule has 8 rings (SSSR count). The minimum Gasteiger partial charge on any atom is -0.264 e. The highest BCUT2D eigenvalue weighted by Crippen LogP contribution is 2.33. The van der Waals surface area contributed by atoms with Gasteiger partial charge < -0.3 is 0 Å². The predicted molar refractivity (Wildman–Crippen MR) is 193 cm³/mol. The number of rotatable bonds is 7. The van der Waals surface area contributed by atoms with Crippen molar-refractivity contribution in [3.05, 3.63) is 176 Å². The van der Waals surface area contributed by atoms with Gasteiger partial charge in [-0.05, 0) is 93.0 Å². The zero-order valence-electron chi connectivity index (χ0n) is 26.0. The van der Waals surface area contributed by atoms with Gasteiger partial charge in [-0.15, -0.1) is 0 Å². The van der Waals surface area contributed by atoms with Gasteiger partial charge in [0.15, 0.2) is 17.5 Å². The molecule has 5 heteroatoms. The lowest BCUT2D eigenvalue weighted by Crippen LogP contribution is -2.00. The van der Waals surface area contributed by atoms with Crippen LogP contribution in [0.25, 0.3) is 78.7 Å². The van der Waals surface area contributed by atoms with E-state index in [9.17, 15) is 0 Å². The van der Waals surface area contributed by atoms with E-state index in [1.165, 1.54) is 22.3 Å². The molecule has 48 heavy (non-hydrogen) atoms. The van der Waals surface area contributed by atoms with Crippen molar-refractivity contribution < 1.29 is 0 Å². The monoisotopic (exact) mass is 615 g/mol. The van der Waals surface area contributed by atoms with Crippen molar-refractivity contribution in [3.63, 3.8) is 0 Å². The molecule has 0 radical (unpaired) electrons. The Bertz CT molecular complexity index is 2280. The maximum absolute atomic E-state index is 4.88. The maximum atomic E-state index is 4.88. The smallest absolute Gasteiger partial charge is 0.165 e.